The minimum Gasteiger partial charge on any atom is -0.481 e. The van der Waals surface area contributed by atoms with Gasteiger partial charge in [0.05, 0.1) is 0 Å². The van der Waals surface area contributed by atoms with E-state index in [1.807, 2.05) is 0 Å². The second-order valence-electron chi connectivity index (χ2n) is 6.02. The summed E-state index contributed by atoms with van der Waals surface area (Å²) in [4.78, 5) is 24.6. The van der Waals surface area contributed by atoms with E-state index in [0.717, 1.165) is 25.0 Å². The molecule has 0 atom stereocenters. The lowest BCUT2D eigenvalue weighted by atomic mass is 9.93. The van der Waals surface area contributed by atoms with Crippen molar-refractivity contribution in [2.45, 2.75) is 38.5 Å². The molecule has 1 N–H and O–H groups in total. The number of benzene rings is 1. The molecule has 0 aliphatic carbocycles. The fourth-order valence-corrected chi connectivity index (χ4v) is 2.93. The van der Waals surface area contributed by atoms with E-state index in [0.29, 0.717) is 37.9 Å². The second-order valence-corrected chi connectivity index (χ2v) is 6.02. The van der Waals surface area contributed by atoms with E-state index in [1.54, 1.807) is 4.90 Å². The average molecular weight is 325 g/mol. The van der Waals surface area contributed by atoms with Crippen molar-refractivity contribution >= 4 is 11.9 Å². The topological polar surface area (TPSA) is 57.6 Å². The van der Waals surface area contributed by atoms with E-state index < -0.39 is 17.6 Å². The standard InChI is InChI=1S/C17H21F2NO3/c18-14-5-4-12(10-15(14)19)2-1-3-16(21)20-8-6-13(7-9-20)11-17(22)23/h4-5,10,13H,1-3,6-9,11H2,(H,22,23). The number of aliphatic carboxylic acids is 1. The van der Waals surface area contributed by atoms with Gasteiger partial charge in [0, 0.05) is 25.9 Å². The Morgan fingerprint density at radius 2 is 1.87 bits per heavy atom. The number of halogens is 2. The lowest BCUT2D eigenvalue weighted by Crippen LogP contribution is -2.38. The Morgan fingerprint density at radius 1 is 1.17 bits per heavy atom. The predicted molar refractivity (Wildman–Crippen MR) is 80.9 cm³/mol. The summed E-state index contributed by atoms with van der Waals surface area (Å²) in [5.41, 5.74) is 0.678. The van der Waals surface area contributed by atoms with E-state index in [9.17, 15) is 18.4 Å². The Labute approximate surface area is 134 Å². The first-order valence-electron chi connectivity index (χ1n) is 7.89. The first kappa shape index (κ1) is 17.4. The number of amides is 1. The number of carboxylic acid groups (broad SMARTS) is 1. The monoisotopic (exact) mass is 325 g/mol. The molecule has 0 unspecified atom stereocenters. The van der Waals surface area contributed by atoms with Gasteiger partial charge in [-0.1, -0.05) is 6.07 Å². The van der Waals surface area contributed by atoms with Crippen LogP contribution in [0.25, 0.3) is 0 Å². The molecule has 1 aliphatic heterocycles. The van der Waals surface area contributed by atoms with Crippen molar-refractivity contribution in [3.05, 3.63) is 35.4 Å². The van der Waals surface area contributed by atoms with Gasteiger partial charge in [-0.3, -0.25) is 9.59 Å². The molecule has 1 fully saturated rings. The lowest BCUT2D eigenvalue weighted by molar-refractivity contribution is -0.138. The highest BCUT2D eigenvalue weighted by Gasteiger charge is 2.23. The molecule has 1 amide bonds. The first-order valence-corrected chi connectivity index (χ1v) is 7.89. The Bertz CT molecular complexity index is 569. The van der Waals surface area contributed by atoms with Crippen LogP contribution in [0.3, 0.4) is 0 Å². The van der Waals surface area contributed by atoms with Crippen LogP contribution in [0.5, 0.6) is 0 Å². The number of hydrogen-bond acceptors (Lipinski definition) is 2. The number of carbonyl (C=O) groups excluding carboxylic acids is 1. The van der Waals surface area contributed by atoms with Crippen molar-refractivity contribution in [2.24, 2.45) is 5.92 Å². The zero-order valence-corrected chi connectivity index (χ0v) is 12.9. The van der Waals surface area contributed by atoms with Crippen LogP contribution in [0.4, 0.5) is 8.78 Å². The van der Waals surface area contributed by atoms with Gasteiger partial charge >= 0.3 is 5.97 Å². The summed E-state index contributed by atoms with van der Waals surface area (Å²) in [6, 6.07) is 3.79. The molecule has 4 nitrogen and oxygen atoms in total. The maximum atomic E-state index is 13.1. The fraction of sp³-hybridized carbons (Fsp3) is 0.529. The SMILES string of the molecule is O=C(O)CC1CCN(C(=O)CCCc2ccc(F)c(F)c2)CC1. The Kier molecular flexibility index (Phi) is 6.07. The number of likely N-dealkylation sites (tertiary alicyclic amines) is 1. The minimum atomic E-state index is -0.867. The molecule has 0 bridgehead atoms. The molecule has 0 spiro atoms. The molecule has 23 heavy (non-hydrogen) atoms. The number of hydrogen-bond donors (Lipinski definition) is 1. The van der Waals surface area contributed by atoms with Gasteiger partial charge in [0.1, 0.15) is 0 Å². The third-order valence-electron chi connectivity index (χ3n) is 4.27. The summed E-state index contributed by atoms with van der Waals surface area (Å²) in [6.45, 7) is 1.20. The van der Waals surface area contributed by atoms with Gasteiger partial charge in [-0.25, -0.2) is 8.78 Å². The van der Waals surface area contributed by atoms with Gasteiger partial charge in [-0.2, -0.15) is 0 Å². The molecular weight excluding hydrogens is 304 g/mol. The summed E-state index contributed by atoms with van der Waals surface area (Å²) < 4.78 is 25.9. The largest absolute Gasteiger partial charge is 0.481 e. The fourth-order valence-electron chi connectivity index (χ4n) is 2.93. The van der Waals surface area contributed by atoms with Crippen molar-refractivity contribution in [2.75, 3.05) is 13.1 Å². The van der Waals surface area contributed by atoms with Crippen LogP contribution in [-0.4, -0.2) is 35.0 Å². The number of piperidine rings is 1. The maximum absolute atomic E-state index is 13.1. The third-order valence-corrected chi connectivity index (χ3v) is 4.27. The van der Waals surface area contributed by atoms with Crippen LogP contribution >= 0.6 is 0 Å². The van der Waals surface area contributed by atoms with Crippen LogP contribution in [0, 0.1) is 17.6 Å². The molecule has 0 saturated carbocycles. The Balaban J connectivity index is 1.71. The molecule has 2 rings (SSSR count). The van der Waals surface area contributed by atoms with Gasteiger partial charge in [-0.15, -0.1) is 0 Å². The molecular formula is C17H21F2NO3. The highest BCUT2D eigenvalue weighted by molar-refractivity contribution is 5.76. The molecule has 1 saturated heterocycles. The quantitative estimate of drug-likeness (QED) is 0.875. The van der Waals surface area contributed by atoms with Gasteiger partial charge < -0.3 is 10.0 Å². The molecule has 0 radical (unpaired) electrons. The lowest BCUT2D eigenvalue weighted by Gasteiger charge is -2.31. The van der Waals surface area contributed by atoms with E-state index in [4.69, 9.17) is 5.11 Å². The zero-order chi connectivity index (χ0) is 16.8. The zero-order valence-electron chi connectivity index (χ0n) is 12.9. The van der Waals surface area contributed by atoms with E-state index in [2.05, 4.69) is 0 Å². The van der Waals surface area contributed by atoms with Crippen molar-refractivity contribution in [1.29, 1.82) is 0 Å². The van der Waals surface area contributed by atoms with E-state index in [-0.39, 0.29) is 18.2 Å². The second kappa shape index (κ2) is 8.04. The van der Waals surface area contributed by atoms with Crippen LogP contribution in [0.15, 0.2) is 18.2 Å². The number of aryl methyl sites for hydroxylation is 1. The predicted octanol–water partition coefficient (Wildman–Crippen LogP) is 3.00. The van der Waals surface area contributed by atoms with Crippen molar-refractivity contribution in [1.82, 2.24) is 4.90 Å². The number of carboxylic acids is 1. The Hall–Kier alpha value is -1.98. The van der Waals surface area contributed by atoms with Gasteiger partial charge in [0.25, 0.3) is 0 Å². The highest BCUT2D eigenvalue weighted by Crippen LogP contribution is 2.21. The number of nitrogens with zero attached hydrogens (tertiary/aromatic N) is 1. The molecule has 1 aromatic carbocycles. The van der Waals surface area contributed by atoms with E-state index in [1.165, 1.54) is 6.07 Å². The summed E-state index contributed by atoms with van der Waals surface area (Å²) in [5, 5.41) is 8.77. The highest BCUT2D eigenvalue weighted by atomic mass is 19.2. The third kappa shape index (κ3) is 5.30. The van der Waals surface area contributed by atoms with Crippen molar-refractivity contribution in [3.63, 3.8) is 0 Å². The molecule has 1 aromatic rings. The molecule has 0 aromatic heterocycles. The van der Waals surface area contributed by atoms with Crippen molar-refractivity contribution < 1.29 is 23.5 Å². The van der Waals surface area contributed by atoms with Crippen molar-refractivity contribution in [3.8, 4) is 0 Å². The van der Waals surface area contributed by atoms with Gasteiger partial charge in [0.2, 0.25) is 5.91 Å². The van der Waals surface area contributed by atoms with E-state index >= 15 is 0 Å². The summed E-state index contributed by atoms with van der Waals surface area (Å²) in [7, 11) is 0. The molecule has 1 aliphatic rings. The summed E-state index contributed by atoms with van der Waals surface area (Å²) >= 11 is 0. The molecule has 126 valence electrons. The van der Waals surface area contributed by atoms with Crippen LogP contribution in [-0.2, 0) is 16.0 Å². The molecule has 6 heteroatoms. The van der Waals surface area contributed by atoms with Crippen LogP contribution in [0.2, 0.25) is 0 Å². The number of carbonyl (C=O) groups is 2. The minimum absolute atomic E-state index is 0.0429. The molecule has 1 heterocycles. The number of rotatable bonds is 6. The first-order chi connectivity index (χ1) is 11.0. The average Bonchev–Trinajstić information content (AvgIpc) is 2.51. The van der Waals surface area contributed by atoms with Crippen LogP contribution in [0.1, 0.15) is 37.7 Å². The normalized spacial score (nSPS) is 15.7. The summed E-state index contributed by atoms with van der Waals surface area (Å²) in [6.07, 6.45) is 3.08. The maximum Gasteiger partial charge on any atom is 0.303 e. The smallest absolute Gasteiger partial charge is 0.303 e. The Morgan fingerprint density at radius 3 is 2.48 bits per heavy atom. The summed E-state index contributed by atoms with van der Waals surface area (Å²) in [5.74, 6) is -2.33. The van der Waals surface area contributed by atoms with Crippen LogP contribution < -0.4 is 0 Å². The van der Waals surface area contributed by atoms with Gasteiger partial charge in [0.15, 0.2) is 11.6 Å². The van der Waals surface area contributed by atoms with Gasteiger partial charge in [-0.05, 0) is 49.3 Å².